The fraction of sp³-hybridized carbons (Fsp3) is 0.333. The molecular formula is C15H19ClN4O. The van der Waals surface area contributed by atoms with Gasteiger partial charge in [0.25, 0.3) is 5.91 Å². The lowest BCUT2D eigenvalue weighted by Crippen LogP contribution is -2.18. The van der Waals surface area contributed by atoms with Crippen LogP contribution in [0, 0.1) is 0 Å². The highest BCUT2D eigenvalue weighted by atomic mass is 35.5. The molecule has 21 heavy (non-hydrogen) atoms. The summed E-state index contributed by atoms with van der Waals surface area (Å²) in [6, 6.07) is 7.63. The van der Waals surface area contributed by atoms with Crippen molar-refractivity contribution in [2.24, 2.45) is 0 Å². The Kier molecular flexibility index (Phi) is 4.98. The van der Waals surface area contributed by atoms with Crippen molar-refractivity contribution < 1.29 is 4.79 Å². The van der Waals surface area contributed by atoms with Gasteiger partial charge in [0, 0.05) is 24.3 Å². The molecular weight excluding hydrogens is 288 g/mol. The maximum absolute atomic E-state index is 11.5. The number of carbonyl (C=O) groups excluding carboxylic acids is 1. The lowest BCUT2D eigenvalue weighted by atomic mass is 10.1. The molecule has 1 atom stereocenters. The fourth-order valence-corrected chi connectivity index (χ4v) is 2.48. The van der Waals surface area contributed by atoms with E-state index in [0.717, 1.165) is 17.8 Å². The first-order valence-corrected chi connectivity index (χ1v) is 7.25. The molecule has 1 unspecified atom stereocenters. The molecule has 1 aromatic carbocycles. The number of nitrogens with zero attached hydrogens (tertiary/aromatic N) is 2. The van der Waals surface area contributed by atoms with E-state index in [2.05, 4.69) is 29.6 Å². The predicted octanol–water partition coefficient (Wildman–Crippen LogP) is 2.56. The number of benzene rings is 1. The number of aromatic nitrogens is 2. The molecule has 5 nitrogen and oxygen atoms in total. The van der Waals surface area contributed by atoms with Gasteiger partial charge in [0.2, 0.25) is 0 Å². The van der Waals surface area contributed by atoms with Crippen molar-refractivity contribution in [2.75, 3.05) is 13.6 Å². The molecule has 0 aliphatic heterocycles. The molecule has 2 rings (SSSR count). The molecule has 2 N–H and O–H groups in total. The van der Waals surface area contributed by atoms with Crippen molar-refractivity contribution in [3.05, 3.63) is 46.7 Å². The first-order chi connectivity index (χ1) is 10.1. The van der Waals surface area contributed by atoms with Crippen LogP contribution in [0.15, 0.2) is 30.5 Å². The van der Waals surface area contributed by atoms with Crippen molar-refractivity contribution in [3.63, 3.8) is 0 Å². The van der Waals surface area contributed by atoms with Gasteiger partial charge in [-0.15, -0.1) is 0 Å². The number of carbonyl (C=O) groups is 1. The molecule has 0 spiro atoms. The van der Waals surface area contributed by atoms with E-state index in [9.17, 15) is 4.79 Å². The predicted molar refractivity (Wildman–Crippen MR) is 84.1 cm³/mol. The highest BCUT2D eigenvalue weighted by molar-refractivity contribution is 6.31. The molecule has 0 bridgehead atoms. The first-order valence-electron chi connectivity index (χ1n) is 6.87. The Morgan fingerprint density at radius 2 is 2.19 bits per heavy atom. The Morgan fingerprint density at radius 3 is 2.81 bits per heavy atom. The normalized spacial score (nSPS) is 12.2. The van der Waals surface area contributed by atoms with Crippen molar-refractivity contribution in [2.45, 2.75) is 19.9 Å². The second kappa shape index (κ2) is 6.74. The molecule has 1 aromatic heterocycles. The Hall–Kier alpha value is -1.85. The topological polar surface area (TPSA) is 59.0 Å². The highest BCUT2D eigenvalue weighted by Crippen LogP contribution is 2.25. The van der Waals surface area contributed by atoms with E-state index in [0.29, 0.717) is 10.7 Å². The average molecular weight is 307 g/mol. The summed E-state index contributed by atoms with van der Waals surface area (Å²) < 4.78 is 1.64. The van der Waals surface area contributed by atoms with E-state index in [1.807, 2.05) is 18.2 Å². The van der Waals surface area contributed by atoms with Crippen LogP contribution in [0.1, 0.15) is 35.9 Å². The zero-order valence-electron chi connectivity index (χ0n) is 12.4. The van der Waals surface area contributed by atoms with Gasteiger partial charge in [-0.3, -0.25) is 4.79 Å². The molecule has 0 saturated heterocycles. The molecule has 0 aliphatic carbocycles. The van der Waals surface area contributed by atoms with Crippen LogP contribution >= 0.6 is 11.6 Å². The van der Waals surface area contributed by atoms with E-state index < -0.39 is 0 Å². The van der Waals surface area contributed by atoms with Crippen LogP contribution in [0.2, 0.25) is 5.02 Å². The fourth-order valence-electron chi connectivity index (χ4n) is 2.14. The maximum atomic E-state index is 11.5. The maximum Gasteiger partial charge on any atom is 0.271 e. The lowest BCUT2D eigenvalue weighted by molar-refractivity contribution is 0.0957. The van der Waals surface area contributed by atoms with Gasteiger partial charge in [-0.1, -0.05) is 24.6 Å². The SMILES string of the molecule is CCNC(C)c1ccc(-n2ccc(C(=O)NC)n2)cc1Cl. The summed E-state index contributed by atoms with van der Waals surface area (Å²) >= 11 is 6.35. The van der Waals surface area contributed by atoms with Crippen molar-refractivity contribution in [3.8, 4) is 5.69 Å². The Balaban J connectivity index is 2.27. The molecule has 1 heterocycles. The summed E-state index contributed by atoms with van der Waals surface area (Å²) in [5, 5.41) is 10.8. The number of rotatable bonds is 5. The summed E-state index contributed by atoms with van der Waals surface area (Å²) in [6.45, 7) is 5.01. The molecule has 0 fully saturated rings. The molecule has 6 heteroatoms. The van der Waals surface area contributed by atoms with E-state index in [4.69, 9.17) is 11.6 Å². The van der Waals surface area contributed by atoms with Gasteiger partial charge >= 0.3 is 0 Å². The van der Waals surface area contributed by atoms with Crippen molar-refractivity contribution in [1.82, 2.24) is 20.4 Å². The van der Waals surface area contributed by atoms with Gasteiger partial charge in [0.15, 0.2) is 5.69 Å². The first kappa shape index (κ1) is 15.5. The van der Waals surface area contributed by atoms with Gasteiger partial charge in [0.1, 0.15) is 0 Å². The van der Waals surface area contributed by atoms with Crippen LogP contribution in [0.4, 0.5) is 0 Å². The summed E-state index contributed by atoms with van der Waals surface area (Å²) in [5.41, 5.74) is 2.24. The van der Waals surface area contributed by atoms with Crippen LogP contribution in [0.5, 0.6) is 0 Å². The smallest absolute Gasteiger partial charge is 0.271 e. The number of hydrogen-bond donors (Lipinski definition) is 2. The second-order valence-electron chi connectivity index (χ2n) is 4.71. The summed E-state index contributed by atoms with van der Waals surface area (Å²) in [5.74, 6) is -0.211. The third-order valence-electron chi connectivity index (χ3n) is 3.27. The lowest BCUT2D eigenvalue weighted by Gasteiger charge is -2.15. The zero-order chi connectivity index (χ0) is 15.4. The van der Waals surface area contributed by atoms with Crippen LogP contribution < -0.4 is 10.6 Å². The summed E-state index contributed by atoms with van der Waals surface area (Å²) in [4.78, 5) is 11.5. The number of nitrogens with one attached hydrogen (secondary N) is 2. The highest BCUT2D eigenvalue weighted by Gasteiger charge is 2.12. The van der Waals surface area contributed by atoms with E-state index >= 15 is 0 Å². The van der Waals surface area contributed by atoms with Crippen molar-refractivity contribution >= 4 is 17.5 Å². The minimum atomic E-state index is -0.211. The molecule has 0 saturated carbocycles. The molecule has 0 radical (unpaired) electrons. The Labute approximate surface area is 129 Å². The van der Waals surface area contributed by atoms with Gasteiger partial charge in [-0.05, 0) is 37.2 Å². The van der Waals surface area contributed by atoms with E-state index in [1.165, 1.54) is 0 Å². The van der Waals surface area contributed by atoms with E-state index in [1.54, 1.807) is 24.0 Å². The third-order valence-corrected chi connectivity index (χ3v) is 3.60. The summed E-state index contributed by atoms with van der Waals surface area (Å²) in [7, 11) is 1.58. The third kappa shape index (κ3) is 3.43. The van der Waals surface area contributed by atoms with Gasteiger partial charge < -0.3 is 10.6 Å². The number of halogens is 1. The monoisotopic (exact) mass is 306 g/mol. The zero-order valence-corrected chi connectivity index (χ0v) is 13.1. The van der Waals surface area contributed by atoms with Gasteiger partial charge in [0.05, 0.1) is 5.69 Å². The van der Waals surface area contributed by atoms with Crippen LogP contribution in [-0.4, -0.2) is 29.3 Å². The average Bonchev–Trinajstić information content (AvgIpc) is 2.96. The van der Waals surface area contributed by atoms with Crippen LogP contribution in [0.3, 0.4) is 0 Å². The van der Waals surface area contributed by atoms with E-state index in [-0.39, 0.29) is 11.9 Å². The Morgan fingerprint density at radius 1 is 1.43 bits per heavy atom. The van der Waals surface area contributed by atoms with Gasteiger partial charge in [-0.25, -0.2) is 4.68 Å². The standard InChI is InChI=1S/C15H19ClN4O/c1-4-18-10(2)12-6-5-11(9-13(12)16)20-8-7-14(19-20)15(21)17-3/h5-10,18H,4H2,1-3H3,(H,17,21). The molecule has 1 amide bonds. The number of hydrogen-bond acceptors (Lipinski definition) is 3. The van der Waals surface area contributed by atoms with Crippen LogP contribution in [-0.2, 0) is 0 Å². The largest absolute Gasteiger partial charge is 0.354 e. The minimum absolute atomic E-state index is 0.190. The molecule has 2 aromatic rings. The van der Waals surface area contributed by atoms with Crippen LogP contribution in [0.25, 0.3) is 5.69 Å². The Bertz CT molecular complexity index is 638. The summed E-state index contributed by atoms with van der Waals surface area (Å²) in [6.07, 6.45) is 1.74. The van der Waals surface area contributed by atoms with Crippen molar-refractivity contribution in [1.29, 1.82) is 0 Å². The molecule has 0 aliphatic rings. The quantitative estimate of drug-likeness (QED) is 0.892. The minimum Gasteiger partial charge on any atom is -0.354 e. The number of amides is 1. The molecule has 112 valence electrons. The second-order valence-corrected chi connectivity index (χ2v) is 5.12. The van der Waals surface area contributed by atoms with Gasteiger partial charge in [-0.2, -0.15) is 5.10 Å².